The number of benzene rings is 1. The number of ketones is 1. The summed E-state index contributed by atoms with van der Waals surface area (Å²) in [5.41, 5.74) is 0.787. The summed E-state index contributed by atoms with van der Waals surface area (Å²) in [5, 5.41) is 2.78. The predicted molar refractivity (Wildman–Crippen MR) is 96.1 cm³/mol. The van der Waals surface area contributed by atoms with Crippen LogP contribution in [0.15, 0.2) is 24.3 Å². The van der Waals surface area contributed by atoms with Crippen molar-refractivity contribution in [3.05, 3.63) is 29.8 Å². The minimum absolute atomic E-state index is 0.0643. The normalized spacial score (nSPS) is 12.6. The van der Waals surface area contributed by atoms with Crippen molar-refractivity contribution in [2.45, 2.75) is 32.7 Å². The van der Waals surface area contributed by atoms with E-state index in [1.165, 1.54) is 21.0 Å². The van der Waals surface area contributed by atoms with Crippen molar-refractivity contribution >= 4 is 23.7 Å². The van der Waals surface area contributed by atoms with Crippen LogP contribution in [0.1, 0.15) is 25.8 Å². The van der Waals surface area contributed by atoms with Crippen LogP contribution >= 0.6 is 0 Å². The maximum atomic E-state index is 12.5. The highest BCUT2D eigenvalue weighted by Crippen LogP contribution is 2.19. The lowest BCUT2D eigenvalue weighted by Gasteiger charge is -2.19. The van der Waals surface area contributed by atoms with Crippen LogP contribution in [0.25, 0.3) is 0 Å². The SMILES string of the molecule is CN[C@@H](COC(C)=O)C(=O)CC(Cc1ccc(OC(C)=O)cc1)C(=O)OC. The van der Waals surface area contributed by atoms with Gasteiger partial charge < -0.3 is 19.5 Å². The Bertz CT molecular complexity index is 669. The smallest absolute Gasteiger partial charge is 0.309 e. The first kappa shape index (κ1) is 22.3. The number of Topliss-reactive ketones (excluding diaryl/α,β-unsaturated/α-hetero) is 1. The Hall–Kier alpha value is -2.74. The molecule has 0 saturated carbocycles. The first-order valence-corrected chi connectivity index (χ1v) is 8.45. The molecule has 8 nitrogen and oxygen atoms in total. The molecule has 0 bridgehead atoms. The number of hydrogen-bond acceptors (Lipinski definition) is 8. The van der Waals surface area contributed by atoms with Gasteiger partial charge in [0, 0.05) is 20.3 Å². The molecule has 148 valence electrons. The molecule has 0 spiro atoms. The second-order valence-corrected chi connectivity index (χ2v) is 5.98. The van der Waals surface area contributed by atoms with E-state index in [0.717, 1.165) is 5.56 Å². The van der Waals surface area contributed by atoms with Crippen LogP contribution in [0.4, 0.5) is 0 Å². The third-order valence-electron chi connectivity index (χ3n) is 3.84. The van der Waals surface area contributed by atoms with Gasteiger partial charge in [0.2, 0.25) is 0 Å². The molecule has 0 radical (unpaired) electrons. The number of likely N-dealkylation sites (N-methyl/N-ethyl adjacent to an activating group) is 1. The highest BCUT2D eigenvalue weighted by atomic mass is 16.5. The van der Waals surface area contributed by atoms with E-state index in [0.29, 0.717) is 5.75 Å². The minimum Gasteiger partial charge on any atom is -0.469 e. The molecule has 1 aromatic carbocycles. The molecular formula is C19H25NO7. The molecule has 0 amide bonds. The summed E-state index contributed by atoms with van der Waals surface area (Å²) < 4.78 is 14.6. The molecule has 1 N–H and O–H groups in total. The van der Waals surface area contributed by atoms with E-state index >= 15 is 0 Å². The van der Waals surface area contributed by atoms with Crippen LogP contribution in [-0.2, 0) is 35.1 Å². The van der Waals surface area contributed by atoms with Gasteiger partial charge in [-0.3, -0.25) is 19.2 Å². The lowest BCUT2D eigenvalue weighted by molar-refractivity contribution is -0.148. The summed E-state index contributed by atoms with van der Waals surface area (Å²) in [6.45, 7) is 2.46. The van der Waals surface area contributed by atoms with E-state index in [2.05, 4.69) is 5.32 Å². The Kier molecular flexibility index (Phi) is 9.15. The Balaban J connectivity index is 2.80. The van der Waals surface area contributed by atoms with Crippen LogP contribution in [-0.4, -0.2) is 50.5 Å². The van der Waals surface area contributed by atoms with E-state index in [1.54, 1.807) is 31.3 Å². The summed E-state index contributed by atoms with van der Waals surface area (Å²) in [6, 6.07) is 5.96. The second kappa shape index (κ2) is 11.1. The van der Waals surface area contributed by atoms with Crippen molar-refractivity contribution in [2.24, 2.45) is 5.92 Å². The molecule has 0 heterocycles. The van der Waals surface area contributed by atoms with E-state index in [1.807, 2.05) is 0 Å². The number of nitrogens with one attached hydrogen (secondary N) is 1. The molecule has 27 heavy (non-hydrogen) atoms. The lowest BCUT2D eigenvalue weighted by atomic mass is 9.92. The van der Waals surface area contributed by atoms with Gasteiger partial charge in [0.05, 0.1) is 13.0 Å². The van der Waals surface area contributed by atoms with E-state index in [4.69, 9.17) is 14.2 Å². The Morgan fingerprint density at radius 2 is 1.67 bits per heavy atom. The van der Waals surface area contributed by atoms with Gasteiger partial charge in [-0.05, 0) is 31.2 Å². The molecule has 1 rings (SSSR count). The van der Waals surface area contributed by atoms with Crippen molar-refractivity contribution in [3.63, 3.8) is 0 Å². The van der Waals surface area contributed by atoms with E-state index in [9.17, 15) is 19.2 Å². The maximum absolute atomic E-state index is 12.5. The molecule has 1 aromatic rings. The van der Waals surface area contributed by atoms with Crippen LogP contribution < -0.4 is 10.1 Å². The van der Waals surface area contributed by atoms with Crippen LogP contribution in [0, 0.1) is 5.92 Å². The lowest BCUT2D eigenvalue weighted by Crippen LogP contribution is -2.40. The molecular weight excluding hydrogens is 354 g/mol. The van der Waals surface area contributed by atoms with Crippen LogP contribution in [0.2, 0.25) is 0 Å². The zero-order valence-electron chi connectivity index (χ0n) is 15.9. The Morgan fingerprint density at radius 3 is 2.15 bits per heavy atom. The van der Waals surface area contributed by atoms with Gasteiger partial charge in [-0.15, -0.1) is 0 Å². The molecule has 2 atom stereocenters. The fraction of sp³-hybridized carbons (Fsp3) is 0.474. The summed E-state index contributed by atoms with van der Waals surface area (Å²) in [6.07, 6.45) is 0.216. The number of rotatable bonds is 10. The molecule has 0 saturated heterocycles. The zero-order valence-corrected chi connectivity index (χ0v) is 15.9. The maximum Gasteiger partial charge on any atom is 0.309 e. The average molecular weight is 379 g/mol. The predicted octanol–water partition coefficient (Wildman–Crippen LogP) is 1.05. The fourth-order valence-electron chi connectivity index (χ4n) is 2.47. The number of ether oxygens (including phenoxy) is 3. The number of methoxy groups -OCH3 is 1. The van der Waals surface area contributed by atoms with Crippen molar-refractivity contribution in [1.29, 1.82) is 0 Å². The average Bonchev–Trinajstić information content (AvgIpc) is 2.61. The number of carbonyl (C=O) groups is 4. The van der Waals surface area contributed by atoms with Crippen LogP contribution in [0.3, 0.4) is 0 Å². The molecule has 0 aliphatic heterocycles. The Morgan fingerprint density at radius 1 is 1.04 bits per heavy atom. The second-order valence-electron chi connectivity index (χ2n) is 5.98. The van der Waals surface area contributed by atoms with Crippen molar-refractivity contribution in [2.75, 3.05) is 20.8 Å². The van der Waals surface area contributed by atoms with Gasteiger partial charge in [-0.1, -0.05) is 12.1 Å². The van der Waals surface area contributed by atoms with Crippen LogP contribution in [0.5, 0.6) is 5.75 Å². The van der Waals surface area contributed by atoms with Gasteiger partial charge in [-0.2, -0.15) is 0 Å². The number of esters is 3. The monoisotopic (exact) mass is 379 g/mol. The van der Waals surface area contributed by atoms with Gasteiger partial charge in [0.1, 0.15) is 18.4 Å². The third-order valence-corrected chi connectivity index (χ3v) is 3.84. The molecule has 1 unspecified atom stereocenters. The standard InChI is InChI=1S/C19H25NO7/c1-12(21)26-11-17(20-3)18(23)10-15(19(24)25-4)9-14-5-7-16(8-6-14)27-13(2)22/h5-8,15,17,20H,9-11H2,1-4H3/t15?,17-/m0/s1. The first-order valence-electron chi connectivity index (χ1n) is 8.45. The third kappa shape index (κ3) is 8.00. The minimum atomic E-state index is -0.701. The molecule has 0 fully saturated rings. The van der Waals surface area contributed by atoms with E-state index < -0.39 is 29.9 Å². The van der Waals surface area contributed by atoms with E-state index in [-0.39, 0.29) is 25.2 Å². The number of hydrogen-bond donors (Lipinski definition) is 1. The van der Waals surface area contributed by atoms with Crippen molar-refractivity contribution in [1.82, 2.24) is 5.32 Å². The molecule has 0 aliphatic rings. The van der Waals surface area contributed by atoms with Gasteiger partial charge in [-0.25, -0.2) is 0 Å². The van der Waals surface area contributed by atoms with Crippen molar-refractivity contribution in [3.8, 4) is 5.75 Å². The van der Waals surface area contributed by atoms with Crippen molar-refractivity contribution < 1.29 is 33.4 Å². The summed E-state index contributed by atoms with van der Waals surface area (Å²) in [4.78, 5) is 46.4. The Labute approximate surface area is 158 Å². The summed E-state index contributed by atoms with van der Waals surface area (Å²) in [7, 11) is 2.84. The first-order chi connectivity index (χ1) is 12.8. The van der Waals surface area contributed by atoms with Gasteiger partial charge in [0.15, 0.2) is 5.78 Å². The summed E-state index contributed by atoms with van der Waals surface area (Å²) >= 11 is 0. The summed E-state index contributed by atoms with van der Waals surface area (Å²) in [5.74, 6) is -1.96. The highest BCUT2D eigenvalue weighted by Gasteiger charge is 2.27. The topological polar surface area (TPSA) is 108 Å². The molecule has 8 heteroatoms. The largest absolute Gasteiger partial charge is 0.469 e. The highest BCUT2D eigenvalue weighted by molar-refractivity contribution is 5.88. The fourth-order valence-corrected chi connectivity index (χ4v) is 2.47. The quantitative estimate of drug-likeness (QED) is 0.475. The van der Waals surface area contributed by atoms with Gasteiger partial charge >= 0.3 is 17.9 Å². The molecule has 0 aliphatic carbocycles. The molecule has 0 aromatic heterocycles. The zero-order chi connectivity index (χ0) is 20.4. The number of carbonyl (C=O) groups excluding carboxylic acids is 4. The van der Waals surface area contributed by atoms with Gasteiger partial charge in [0.25, 0.3) is 0 Å².